The molecule has 7 heteroatoms. The highest BCUT2D eigenvalue weighted by molar-refractivity contribution is 7.99. The summed E-state index contributed by atoms with van der Waals surface area (Å²) in [6.45, 7) is 0.560. The average Bonchev–Trinajstić information content (AvgIpc) is 3.01. The van der Waals surface area contributed by atoms with E-state index >= 15 is 0 Å². The van der Waals surface area contributed by atoms with E-state index in [4.69, 9.17) is 0 Å². The van der Waals surface area contributed by atoms with Crippen molar-refractivity contribution in [3.63, 3.8) is 0 Å². The summed E-state index contributed by atoms with van der Waals surface area (Å²) >= 11 is 1.47. The van der Waals surface area contributed by atoms with E-state index in [1.807, 2.05) is 31.6 Å². The van der Waals surface area contributed by atoms with Gasteiger partial charge in [0.05, 0.1) is 17.1 Å². The van der Waals surface area contributed by atoms with Gasteiger partial charge in [-0.3, -0.25) is 4.68 Å². The molecule has 0 saturated carbocycles. The fourth-order valence-electron chi connectivity index (χ4n) is 3.10. The molecule has 5 nitrogen and oxygen atoms in total. The van der Waals surface area contributed by atoms with Gasteiger partial charge in [-0.2, -0.15) is 9.40 Å². The van der Waals surface area contributed by atoms with E-state index in [0.29, 0.717) is 11.4 Å². The molecule has 124 valence electrons. The number of sulfonamides is 1. The molecule has 1 aliphatic heterocycles. The number of piperidine rings is 1. The number of rotatable bonds is 4. The molecule has 1 aromatic heterocycles. The van der Waals surface area contributed by atoms with Gasteiger partial charge < -0.3 is 0 Å². The van der Waals surface area contributed by atoms with E-state index in [0.717, 1.165) is 29.7 Å². The Morgan fingerprint density at radius 1 is 1.26 bits per heavy atom. The quantitative estimate of drug-likeness (QED) is 0.795. The molecule has 2 aromatic rings. The van der Waals surface area contributed by atoms with Crippen molar-refractivity contribution in [1.82, 2.24) is 14.1 Å². The number of hydrogen-bond acceptors (Lipinski definition) is 4. The Labute approximate surface area is 141 Å². The van der Waals surface area contributed by atoms with Crippen LogP contribution in [0.4, 0.5) is 0 Å². The minimum absolute atomic E-state index is 0.127. The normalized spacial score (nSPS) is 19.8. The van der Waals surface area contributed by atoms with Crippen molar-refractivity contribution in [3.8, 4) is 0 Å². The first kappa shape index (κ1) is 16.5. The van der Waals surface area contributed by atoms with Gasteiger partial charge in [0.25, 0.3) is 0 Å². The molecule has 0 amide bonds. The van der Waals surface area contributed by atoms with Crippen molar-refractivity contribution in [3.05, 3.63) is 42.2 Å². The highest BCUT2D eigenvalue weighted by atomic mass is 32.2. The molecular formula is C16H21N3O2S2. The standard InChI is InChI=1S/C16H21N3O2S2/c1-18-12-13(11-17-18)14-7-5-6-10-19(14)23(20,21)16-9-4-3-8-15(16)22-2/h3-4,8-9,11-12,14H,5-7,10H2,1-2H3. The van der Waals surface area contributed by atoms with E-state index in [2.05, 4.69) is 5.10 Å². The minimum atomic E-state index is -3.52. The highest BCUT2D eigenvalue weighted by Gasteiger charge is 2.35. The summed E-state index contributed by atoms with van der Waals surface area (Å²) in [6.07, 6.45) is 8.38. The van der Waals surface area contributed by atoms with Gasteiger partial charge in [-0.25, -0.2) is 8.42 Å². The third kappa shape index (κ3) is 3.18. The number of nitrogens with zero attached hydrogens (tertiary/aromatic N) is 3. The van der Waals surface area contributed by atoms with Crippen molar-refractivity contribution in [2.45, 2.75) is 35.1 Å². The first-order chi connectivity index (χ1) is 11.0. The molecular weight excluding hydrogens is 330 g/mol. The number of thioether (sulfide) groups is 1. The lowest BCUT2D eigenvalue weighted by atomic mass is 10.0. The predicted octanol–water partition coefficient (Wildman–Crippen LogP) is 3.06. The Hall–Kier alpha value is -1.31. The summed E-state index contributed by atoms with van der Waals surface area (Å²) in [6, 6.07) is 7.10. The van der Waals surface area contributed by atoms with Gasteiger partial charge in [0.1, 0.15) is 0 Å². The molecule has 1 atom stereocenters. The zero-order valence-corrected chi connectivity index (χ0v) is 15.0. The lowest BCUT2D eigenvalue weighted by Crippen LogP contribution is -2.38. The van der Waals surface area contributed by atoms with Gasteiger partial charge in [-0.15, -0.1) is 11.8 Å². The van der Waals surface area contributed by atoms with E-state index in [1.54, 1.807) is 27.3 Å². The van der Waals surface area contributed by atoms with Crippen molar-refractivity contribution in [1.29, 1.82) is 0 Å². The van der Waals surface area contributed by atoms with Crippen molar-refractivity contribution in [2.24, 2.45) is 7.05 Å². The zero-order chi connectivity index (χ0) is 16.4. The summed E-state index contributed by atoms with van der Waals surface area (Å²) in [4.78, 5) is 1.20. The Balaban J connectivity index is 2.02. The van der Waals surface area contributed by atoms with Crippen LogP contribution in [-0.4, -0.2) is 35.3 Å². The molecule has 0 aliphatic carbocycles. The molecule has 1 aliphatic rings. The molecule has 2 heterocycles. The summed E-state index contributed by atoms with van der Waals surface area (Å²) in [5.74, 6) is 0. The van der Waals surface area contributed by atoms with Crippen LogP contribution in [0.25, 0.3) is 0 Å². The van der Waals surface area contributed by atoms with E-state index in [1.165, 1.54) is 11.8 Å². The van der Waals surface area contributed by atoms with Gasteiger partial charge in [-0.05, 0) is 31.2 Å². The van der Waals surface area contributed by atoms with Gasteiger partial charge in [0.2, 0.25) is 10.0 Å². The topological polar surface area (TPSA) is 55.2 Å². The largest absolute Gasteiger partial charge is 0.275 e. The molecule has 0 N–H and O–H groups in total. The first-order valence-electron chi connectivity index (χ1n) is 7.67. The van der Waals surface area contributed by atoms with Crippen LogP contribution in [0, 0.1) is 0 Å². The monoisotopic (exact) mass is 351 g/mol. The van der Waals surface area contributed by atoms with Crippen LogP contribution in [0.2, 0.25) is 0 Å². The summed E-state index contributed by atoms with van der Waals surface area (Å²) < 4.78 is 29.9. The fraction of sp³-hybridized carbons (Fsp3) is 0.438. The lowest BCUT2D eigenvalue weighted by Gasteiger charge is -2.34. The smallest absolute Gasteiger partial charge is 0.244 e. The van der Waals surface area contributed by atoms with Gasteiger partial charge in [0.15, 0.2) is 0 Å². The van der Waals surface area contributed by atoms with E-state index in [-0.39, 0.29) is 6.04 Å². The molecule has 0 bridgehead atoms. The van der Waals surface area contributed by atoms with E-state index in [9.17, 15) is 8.42 Å². The molecule has 1 aromatic carbocycles. The summed E-state index contributed by atoms with van der Waals surface area (Å²) in [5.41, 5.74) is 0.970. The third-order valence-corrected chi connectivity index (χ3v) is 7.11. The second kappa shape index (κ2) is 6.67. The molecule has 23 heavy (non-hydrogen) atoms. The van der Waals surface area contributed by atoms with Crippen molar-refractivity contribution < 1.29 is 8.42 Å². The Bertz CT molecular complexity index is 786. The van der Waals surface area contributed by atoms with E-state index < -0.39 is 10.0 Å². The highest BCUT2D eigenvalue weighted by Crippen LogP contribution is 2.37. The number of benzene rings is 1. The van der Waals surface area contributed by atoms with Crippen molar-refractivity contribution in [2.75, 3.05) is 12.8 Å². The average molecular weight is 351 g/mol. The van der Waals surface area contributed by atoms with Gasteiger partial charge in [0, 0.05) is 30.2 Å². The molecule has 0 spiro atoms. The maximum absolute atomic E-state index is 13.2. The van der Waals surface area contributed by atoms with Crippen LogP contribution in [0.15, 0.2) is 46.5 Å². The number of hydrogen-bond donors (Lipinski definition) is 0. The van der Waals surface area contributed by atoms with Crippen molar-refractivity contribution >= 4 is 21.8 Å². The van der Waals surface area contributed by atoms with Crippen LogP contribution in [0.3, 0.4) is 0 Å². The SMILES string of the molecule is CSc1ccccc1S(=O)(=O)N1CCCCC1c1cnn(C)c1. The Morgan fingerprint density at radius 2 is 2.04 bits per heavy atom. The predicted molar refractivity (Wildman–Crippen MR) is 91.9 cm³/mol. The van der Waals surface area contributed by atoms with Gasteiger partial charge >= 0.3 is 0 Å². The first-order valence-corrected chi connectivity index (χ1v) is 10.3. The third-order valence-electron chi connectivity index (χ3n) is 4.22. The van der Waals surface area contributed by atoms with Crippen LogP contribution in [0.1, 0.15) is 30.9 Å². The van der Waals surface area contributed by atoms with Crippen LogP contribution in [0.5, 0.6) is 0 Å². The minimum Gasteiger partial charge on any atom is -0.275 e. The maximum atomic E-state index is 13.2. The molecule has 1 unspecified atom stereocenters. The second-order valence-electron chi connectivity index (χ2n) is 5.73. The second-order valence-corrected chi connectivity index (χ2v) is 8.43. The zero-order valence-electron chi connectivity index (χ0n) is 13.3. The fourth-order valence-corrected chi connectivity index (χ4v) is 5.90. The van der Waals surface area contributed by atoms with Crippen LogP contribution >= 0.6 is 11.8 Å². The molecule has 1 fully saturated rings. The molecule has 3 rings (SSSR count). The number of aryl methyl sites for hydroxylation is 1. The van der Waals surface area contributed by atoms with Crippen LogP contribution < -0.4 is 0 Å². The summed E-state index contributed by atoms with van der Waals surface area (Å²) in [5, 5.41) is 4.21. The molecule has 0 radical (unpaired) electrons. The van der Waals surface area contributed by atoms with Gasteiger partial charge in [-0.1, -0.05) is 18.6 Å². The number of aromatic nitrogens is 2. The maximum Gasteiger partial charge on any atom is 0.244 e. The molecule has 1 saturated heterocycles. The Morgan fingerprint density at radius 3 is 2.74 bits per heavy atom. The summed E-state index contributed by atoms with van der Waals surface area (Å²) in [7, 11) is -1.66. The lowest BCUT2D eigenvalue weighted by molar-refractivity contribution is 0.255. The Kier molecular flexibility index (Phi) is 4.79. The van der Waals surface area contributed by atoms with Crippen LogP contribution in [-0.2, 0) is 17.1 Å².